The van der Waals surface area contributed by atoms with Crippen molar-refractivity contribution in [2.75, 3.05) is 37.0 Å². The third-order valence-corrected chi connectivity index (χ3v) is 3.32. The fraction of sp³-hybridized carbons (Fsp3) is 0.500. The number of nitrogens with two attached hydrogens (primary N) is 1. The lowest BCUT2D eigenvalue weighted by atomic mass is 10.1. The minimum atomic E-state index is 0.656. The van der Waals surface area contributed by atoms with Gasteiger partial charge in [-0.05, 0) is 43.0 Å². The highest BCUT2D eigenvalue weighted by Gasteiger charge is 2.07. The van der Waals surface area contributed by atoms with Crippen LogP contribution < -0.4 is 10.6 Å². The first-order chi connectivity index (χ1) is 7.69. The maximum absolute atomic E-state index is 6.00. The molecule has 0 aromatic heterocycles. The first-order valence-electron chi connectivity index (χ1n) is 5.37. The predicted octanol–water partition coefficient (Wildman–Crippen LogP) is 2.64. The number of rotatable bonds is 6. The molecular weight excluding hydrogens is 240 g/mol. The number of anilines is 1. The van der Waals surface area contributed by atoms with Crippen molar-refractivity contribution < 1.29 is 0 Å². The fourth-order valence-corrected chi connectivity index (χ4v) is 2.28. The van der Waals surface area contributed by atoms with Crippen molar-refractivity contribution in [2.45, 2.75) is 6.42 Å². The van der Waals surface area contributed by atoms with Gasteiger partial charge in [0.05, 0.1) is 0 Å². The molecule has 0 saturated heterocycles. The summed E-state index contributed by atoms with van der Waals surface area (Å²) in [4.78, 5) is 2.26. The summed E-state index contributed by atoms with van der Waals surface area (Å²) in [5, 5.41) is 0.783. The molecule has 90 valence electrons. The molecule has 0 unspecified atom stereocenters. The summed E-state index contributed by atoms with van der Waals surface area (Å²) in [7, 11) is 2.11. The minimum Gasteiger partial charge on any atom is -0.374 e. The highest BCUT2D eigenvalue weighted by Crippen LogP contribution is 2.24. The molecule has 0 spiro atoms. The second-order valence-corrected chi connectivity index (χ2v) is 5.15. The van der Waals surface area contributed by atoms with Gasteiger partial charge in [-0.1, -0.05) is 11.6 Å². The summed E-state index contributed by atoms with van der Waals surface area (Å²) in [6, 6.07) is 6.03. The van der Waals surface area contributed by atoms with Crippen LogP contribution in [0.5, 0.6) is 0 Å². The van der Waals surface area contributed by atoms with Gasteiger partial charge in [0.2, 0.25) is 0 Å². The van der Waals surface area contributed by atoms with Crippen molar-refractivity contribution in [1.29, 1.82) is 0 Å². The Kier molecular flexibility index (Phi) is 6.03. The van der Waals surface area contributed by atoms with Gasteiger partial charge in [-0.2, -0.15) is 11.8 Å². The van der Waals surface area contributed by atoms with Crippen LogP contribution in [0.2, 0.25) is 5.02 Å². The molecule has 0 atom stereocenters. The Balaban J connectivity index is 2.84. The van der Waals surface area contributed by atoms with Gasteiger partial charge >= 0.3 is 0 Å². The molecule has 0 bridgehead atoms. The Labute approximate surface area is 107 Å². The quantitative estimate of drug-likeness (QED) is 0.851. The molecule has 1 aromatic rings. The number of thioether (sulfide) groups is 1. The summed E-state index contributed by atoms with van der Waals surface area (Å²) in [6.07, 6.45) is 3.00. The SMILES string of the molecule is CSCCN(C)c1ccc(Cl)cc1CCN. The lowest BCUT2D eigenvalue weighted by molar-refractivity contribution is 0.924. The number of nitrogens with zero attached hydrogens (tertiary/aromatic N) is 1. The largest absolute Gasteiger partial charge is 0.374 e. The zero-order chi connectivity index (χ0) is 12.0. The minimum absolute atomic E-state index is 0.656. The molecule has 0 aliphatic rings. The van der Waals surface area contributed by atoms with Crippen LogP contribution in [0.25, 0.3) is 0 Å². The van der Waals surface area contributed by atoms with Gasteiger partial charge in [0.1, 0.15) is 0 Å². The smallest absolute Gasteiger partial charge is 0.0410 e. The summed E-state index contributed by atoms with van der Waals surface area (Å²) in [5.41, 5.74) is 8.09. The zero-order valence-electron chi connectivity index (χ0n) is 9.87. The maximum Gasteiger partial charge on any atom is 0.0410 e. The molecular formula is C12H19ClN2S. The summed E-state index contributed by atoms with van der Waals surface area (Å²) in [6.45, 7) is 1.70. The van der Waals surface area contributed by atoms with E-state index in [-0.39, 0.29) is 0 Å². The van der Waals surface area contributed by atoms with Crippen molar-refractivity contribution in [3.05, 3.63) is 28.8 Å². The lowest BCUT2D eigenvalue weighted by Crippen LogP contribution is -2.22. The van der Waals surface area contributed by atoms with Crippen LogP contribution in [-0.2, 0) is 6.42 Å². The number of halogens is 1. The molecule has 0 heterocycles. The normalized spacial score (nSPS) is 10.5. The van der Waals surface area contributed by atoms with Crippen molar-refractivity contribution >= 4 is 29.1 Å². The van der Waals surface area contributed by atoms with Gasteiger partial charge in [-0.25, -0.2) is 0 Å². The molecule has 0 aliphatic heterocycles. The van der Waals surface area contributed by atoms with E-state index >= 15 is 0 Å². The van der Waals surface area contributed by atoms with E-state index in [9.17, 15) is 0 Å². The zero-order valence-corrected chi connectivity index (χ0v) is 11.4. The topological polar surface area (TPSA) is 29.3 Å². The van der Waals surface area contributed by atoms with Crippen LogP contribution in [0, 0.1) is 0 Å². The van der Waals surface area contributed by atoms with Gasteiger partial charge in [-0.15, -0.1) is 0 Å². The first kappa shape index (κ1) is 13.7. The second kappa shape index (κ2) is 7.05. The predicted molar refractivity (Wildman–Crippen MR) is 75.9 cm³/mol. The van der Waals surface area contributed by atoms with Crippen LogP contribution in [0.3, 0.4) is 0 Å². The van der Waals surface area contributed by atoms with Crippen LogP contribution >= 0.6 is 23.4 Å². The van der Waals surface area contributed by atoms with Crippen molar-refractivity contribution in [3.63, 3.8) is 0 Å². The second-order valence-electron chi connectivity index (χ2n) is 3.73. The summed E-state index contributed by atoms with van der Waals surface area (Å²) in [5.74, 6) is 1.13. The van der Waals surface area contributed by atoms with E-state index in [1.165, 1.54) is 11.3 Å². The van der Waals surface area contributed by atoms with Gasteiger partial charge in [-0.3, -0.25) is 0 Å². The monoisotopic (exact) mass is 258 g/mol. The van der Waals surface area contributed by atoms with Crippen LogP contribution in [0.15, 0.2) is 18.2 Å². The average molecular weight is 259 g/mol. The third kappa shape index (κ3) is 3.89. The van der Waals surface area contributed by atoms with E-state index in [0.29, 0.717) is 6.54 Å². The van der Waals surface area contributed by atoms with Gasteiger partial charge < -0.3 is 10.6 Å². The highest BCUT2D eigenvalue weighted by atomic mass is 35.5. The van der Waals surface area contributed by atoms with Crippen molar-refractivity contribution in [1.82, 2.24) is 0 Å². The summed E-state index contributed by atoms with van der Waals surface area (Å²) >= 11 is 7.85. The lowest BCUT2D eigenvalue weighted by Gasteiger charge is -2.22. The molecule has 16 heavy (non-hydrogen) atoms. The van der Waals surface area contributed by atoms with E-state index in [4.69, 9.17) is 17.3 Å². The Hall–Kier alpha value is -0.380. The fourth-order valence-electron chi connectivity index (χ4n) is 1.63. The summed E-state index contributed by atoms with van der Waals surface area (Å²) < 4.78 is 0. The van der Waals surface area contributed by atoms with E-state index in [1.54, 1.807) is 0 Å². The Bertz CT molecular complexity index is 331. The molecule has 1 aromatic carbocycles. The molecule has 1 rings (SSSR count). The number of hydrogen-bond donors (Lipinski definition) is 1. The first-order valence-corrected chi connectivity index (χ1v) is 7.14. The third-order valence-electron chi connectivity index (χ3n) is 2.50. The van der Waals surface area contributed by atoms with Gasteiger partial charge in [0, 0.05) is 30.1 Å². The standard InChI is InChI=1S/C12H19ClN2S/c1-15(7-8-16-2)12-4-3-11(13)9-10(12)5-6-14/h3-4,9H,5-8,14H2,1-2H3. The van der Waals surface area contributed by atoms with Crippen LogP contribution in [0.1, 0.15) is 5.56 Å². The van der Waals surface area contributed by atoms with Crippen molar-refractivity contribution in [3.8, 4) is 0 Å². The molecule has 4 heteroatoms. The van der Waals surface area contributed by atoms with Gasteiger partial charge in [0.25, 0.3) is 0 Å². The number of benzene rings is 1. The molecule has 2 nitrogen and oxygen atoms in total. The molecule has 0 amide bonds. The van der Waals surface area contributed by atoms with E-state index in [1.807, 2.05) is 23.9 Å². The Morgan fingerprint density at radius 2 is 2.19 bits per heavy atom. The average Bonchev–Trinajstić information content (AvgIpc) is 2.26. The van der Waals surface area contributed by atoms with E-state index in [0.717, 1.165) is 23.7 Å². The molecule has 2 N–H and O–H groups in total. The Morgan fingerprint density at radius 3 is 2.81 bits per heavy atom. The molecule has 0 radical (unpaired) electrons. The van der Waals surface area contributed by atoms with E-state index in [2.05, 4.69) is 24.3 Å². The molecule has 0 fully saturated rings. The van der Waals surface area contributed by atoms with Crippen LogP contribution in [-0.4, -0.2) is 32.1 Å². The highest BCUT2D eigenvalue weighted by molar-refractivity contribution is 7.98. The van der Waals surface area contributed by atoms with Crippen LogP contribution in [0.4, 0.5) is 5.69 Å². The maximum atomic E-state index is 6.00. The Morgan fingerprint density at radius 1 is 1.44 bits per heavy atom. The van der Waals surface area contributed by atoms with Gasteiger partial charge in [0.15, 0.2) is 0 Å². The van der Waals surface area contributed by atoms with E-state index < -0.39 is 0 Å². The molecule has 0 saturated carbocycles. The van der Waals surface area contributed by atoms with Crippen molar-refractivity contribution in [2.24, 2.45) is 5.73 Å². The number of hydrogen-bond acceptors (Lipinski definition) is 3. The molecule has 0 aliphatic carbocycles.